The fourth-order valence-electron chi connectivity index (χ4n) is 4.92. The van der Waals surface area contributed by atoms with Crippen molar-refractivity contribution in [2.45, 2.75) is 31.1 Å². The normalized spacial score (nSPS) is 20.4. The van der Waals surface area contributed by atoms with Gasteiger partial charge in [0.05, 0.1) is 13.3 Å². The molecule has 7 heteroatoms. The SMILES string of the molecule is COc1ccc(-c2ccc(C(=O)N3CCCC4(CCc5cn[nH]c54)C3)c(=O)[nH]2)cc1. The lowest BCUT2D eigenvalue weighted by atomic mass is 9.77. The summed E-state index contributed by atoms with van der Waals surface area (Å²) in [7, 11) is 1.61. The molecule has 3 aromatic rings. The van der Waals surface area contributed by atoms with Crippen LogP contribution in [0.2, 0.25) is 0 Å². The minimum Gasteiger partial charge on any atom is -0.497 e. The molecule has 1 amide bonds. The van der Waals surface area contributed by atoms with Gasteiger partial charge < -0.3 is 14.6 Å². The first-order valence-electron chi connectivity index (χ1n) is 10.3. The van der Waals surface area contributed by atoms with Gasteiger partial charge in [0, 0.05) is 29.9 Å². The van der Waals surface area contributed by atoms with Crippen molar-refractivity contribution in [1.82, 2.24) is 20.1 Å². The predicted molar refractivity (Wildman–Crippen MR) is 113 cm³/mol. The monoisotopic (exact) mass is 404 g/mol. The van der Waals surface area contributed by atoms with Crippen molar-refractivity contribution in [3.63, 3.8) is 0 Å². The molecule has 0 bridgehead atoms. The Balaban J connectivity index is 1.39. The summed E-state index contributed by atoms with van der Waals surface area (Å²) in [6, 6.07) is 10.9. The molecule has 1 fully saturated rings. The third-order valence-corrected chi connectivity index (χ3v) is 6.53. The molecule has 1 unspecified atom stereocenters. The smallest absolute Gasteiger partial charge is 0.261 e. The summed E-state index contributed by atoms with van der Waals surface area (Å²) in [5.41, 5.74) is 3.73. The topological polar surface area (TPSA) is 91.1 Å². The molecule has 1 aliphatic carbocycles. The molecule has 2 aliphatic rings. The summed E-state index contributed by atoms with van der Waals surface area (Å²) in [6.45, 7) is 1.30. The number of carbonyl (C=O) groups excluding carboxylic acids is 1. The van der Waals surface area contributed by atoms with E-state index in [4.69, 9.17) is 4.74 Å². The molecule has 2 N–H and O–H groups in total. The van der Waals surface area contributed by atoms with Gasteiger partial charge in [0.25, 0.3) is 11.5 Å². The van der Waals surface area contributed by atoms with Crippen molar-refractivity contribution < 1.29 is 9.53 Å². The van der Waals surface area contributed by atoms with Gasteiger partial charge in [-0.3, -0.25) is 14.7 Å². The Bertz CT molecular complexity index is 1150. The number of likely N-dealkylation sites (tertiary alicyclic amines) is 1. The molecule has 5 rings (SSSR count). The first kappa shape index (κ1) is 18.7. The van der Waals surface area contributed by atoms with Crippen LogP contribution in [0.5, 0.6) is 5.75 Å². The van der Waals surface area contributed by atoms with Crippen molar-refractivity contribution in [3.8, 4) is 17.0 Å². The summed E-state index contributed by atoms with van der Waals surface area (Å²) in [6.07, 6.45) is 5.87. The molecule has 2 aromatic heterocycles. The Kier molecular flexibility index (Phi) is 4.46. The zero-order valence-electron chi connectivity index (χ0n) is 16.9. The van der Waals surface area contributed by atoms with E-state index in [1.54, 1.807) is 19.2 Å². The van der Waals surface area contributed by atoms with E-state index < -0.39 is 0 Å². The number of ether oxygens (including phenoxy) is 1. The number of hydrogen-bond acceptors (Lipinski definition) is 4. The molecule has 1 saturated heterocycles. The Labute approximate surface area is 174 Å². The van der Waals surface area contributed by atoms with Crippen LogP contribution >= 0.6 is 0 Å². The number of pyridine rings is 1. The summed E-state index contributed by atoms with van der Waals surface area (Å²) >= 11 is 0. The second kappa shape index (κ2) is 7.16. The Morgan fingerprint density at radius 2 is 2.00 bits per heavy atom. The van der Waals surface area contributed by atoms with Crippen LogP contribution in [0.25, 0.3) is 11.3 Å². The number of amides is 1. The minimum atomic E-state index is -0.360. The van der Waals surface area contributed by atoms with E-state index >= 15 is 0 Å². The fraction of sp³-hybridized carbons (Fsp3) is 0.348. The van der Waals surface area contributed by atoms with E-state index in [-0.39, 0.29) is 22.4 Å². The molecule has 30 heavy (non-hydrogen) atoms. The van der Waals surface area contributed by atoms with Crippen LogP contribution in [0.4, 0.5) is 0 Å². The standard InChI is InChI=1S/C23H24N4O3/c1-30-17-5-3-15(4-6-17)19-8-7-18(21(28)25-19)22(29)27-12-2-10-23(14-27)11-9-16-13-24-26-20(16)23/h3-8,13H,2,9-12,14H2,1H3,(H,24,26)(H,25,28). The van der Waals surface area contributed by atoms with E-state index in [2.05, 4.69) is 15.2 Å². The highest BCUT2D eigenvalue weighted by Gasteiger charge is 2.44. The van der Waals surface area contributed by atoms with Gasteiger partial charge in [-0.15, -0.1) is 0 Å². The van der Waals surface area contributed by atoms with Gasteiger partial charge in [0.2, 0.25) is 0 Å². The van der Waals surface area contributed by atoms with Gasteiger partial charge >= 0.3 is 0 Å². The number of carbonyl (C=O) groups is 1. The Hall–Kier alpha value is -3.35. The molecular formula is C23H24N4O3. The largest absolute Gasteiger partial charge is 0.497 e. The number of aryl methyl sites for hydroxylation is 1. The molecule has 1 aliphatic heterocycles. The van der Waals surface area contributed by atoms with Crippen LogP contribution in [0.15, 0.2) is 47.4 Å². The molecule has 1 atom stereocenters. The summed E-state index contributed by atoms with van der Waals surface area (Å²) in [5, 5.41) is 7.35. The second-order valence-electron chi connectivity index (χ2n) is 8.22. The lowest BCUT2D eigenvalue weighted by Crippen LogP contribution is -2.48. The van der Waals surface area contributed by atoms with Crippen molar-refractivity contribution in [2.75, 3.05) is 20.2 Å². The van der Waals surface area contributed by atoms with Gasteiger partial charge in [0.1, 0.15) is 11.3 Å². The highest BCUT2D eigenvalue weighted by Crippen LogP contribution is 2.44. The number of nitrogens with zero attached hydrogens (tertiary/aromatic N) is 2. The van der Waals surface area contributed by atoms with Gasteiger partial charge in [-0.05, 0) is 73.2 Å². The molecular weight excluding hydrogens is 380 g/mol. The number of H-pyrrole nitrogens is 2. The van der Waals surface area contributed by atoms with Crippen molar-refractivity contribution >= 4 is 5.91 Å². The number of benzene rings is 1. The molecule has 1 aromatic carbocycles. The van der Waals surface area contributed by atoms with Crippen LogP contribution in [0.1, 0.15) is 40.9 Å². The van der Waals surface area contributed by atoms with Crippen LogP contribution in [0, 0.1) is 0 Å². The van der Waals surface area contributed by atoms with E-state index in [0.717, 1.165) is 37.0 Å². The van der Waals surface area contributed by atoms with Crippen LogP contribution in [-0.4, -0.2) is 46.2 Å². The summed E-state index contributed by atoms with van der Waals surface area (Å²) in [4.78, 5) is 30.6. The third kappa shape index (κ3) is 3.01. The van der Waals surface area contributed by atoms with Crippen molar-refractivity contribution in [1.29, 1.82) is 0 Å². The first-order chi connectivity index (χ1) is 14.6. The molecule has 154 valence electrons. The average Bonchev–Trinajstić information content (AvgIpc) is 3.38. The fourth-order valence-corrected chi connectivity index (χ4v) is 4.92. The maximum absolute atomic E-state index is 13.2. The third-order valence-electron chi connectivity index (χ3n) is 6.53. The number of methoxy groups -OCH3 is 1. The number of fused-ring (bicyclic) bond motifs is 2. The Morgan fingerprint density at radius 3 is 2.77 bits per heavy atom. The maximum atomic E-state index is 13.2. The summed E-state index contributed by atoms with van der Waals surface area (Å²) in [5.74, 6) is 0.545. The number of rotatable bonds is 3. The maximum Gasteiger partial charge on any atom is 0.261 e. The average molecular weight is 404 g/mol. The number of aromatic nitrogens is 3. The quantitative estimate of drug-likeness (QED) is 0.702. The van der Waals surface area contributed by atoms with Crippen LogP contribution in [-0.2, 0) is 11.8 Å². The van der Waals surface area contributed by atoms with Gasteiger partial charge in [0.15, 0.2) is 0 Å². The predicted octanol–water partition coefficient (Wildman–Crippen LogP) is 2.89. The van der Waals surface area contributed by atoms with E-state index in [9.17, 15) is 9.59 Å². The van der Waals surface area contributed by atoms with Crippen molar-refractivity contribution in [2.24, 2.45) is 0 Å². The lowest BCUT2D eigenvalue weighted by molar-refractivity contribution is 0.0631. The van der Waals surface area contributed by atoms with E-state index in [1.165, 1.54) is 11.3 Å². The number of nitrogens with one attached hydrogen (secondary N) is 2. The second-order valence-corrected chi connectivity index (χ2v) is 8.22. The number of piperidine rings is 1. The molecule has 0 radical (unpaired) electrons. The van der Waals surface area contributed by atoms with Gasteiger partial charge in [-0.1, -0.05) is 0 Å². The van der Waals surface area contributed by atoms with Crippen molar-refractivity contribution in [3.05, 3.63) is 69.8 Å². The van der Waals surface area contributed by atoms with Gasteiger partial charge in [-0.2, -0.15) is 5.10 Å². The van der Waals surface area contributed by atoms with E-state index in [0.29, 0.717) is 18.8 Å². The highest BCUT2D eigenvalue weighted by atomic mass is 16.5. The van der Waals surface area contributed by atoms with Crippen LogP contribution < -0.4 is 10.3 Å². The van der Waals surface area contributed by atoms with E-state index in [1.807, 2.05) is 35.4 Å². The molecule has 3 heterocycles. The summed E-state index contributed by atoms with van der Waals surface area (Å²) < 4.78 is 5.17. The molecule has 1 spiro atoms. The first-order valence-corrected chi connectivity index (χ1v) is 10.3. The number of hydrogen-bond donors (Lipinski definition) is 2. The zero-order valence-corrected chi connectivity index (χ0v) is 16.9. The highest BCUT2D eigenvalue weighted by molar-refractivity contribution is 5.94. The van der Waals surface area contributed by atoms with Crippen LogP contribution in [0.3, 0.4) is 0 Å². The Morgan fingerprint density at radius 1 is 1.17 bits per heavy atom. The number of aromatic amines is 2. The minimum absolute atomic E-state index is 0.0600. The molecule has 7 nitrogen and oxygen atoms in total. The van der Waals surface area contributed by atoms with Gasteiger partial charge in [-0.25, -0.2) is 0 Å². The lowest BCUT2D eigenvalue weighted by Gasteiger charge is -2.40. The zero-order chi connectivity index (χ0) is 20.7. The molecule has 0 saturated carbocycles.